The summed E-state index contributed by atoms with van der Waals surface area (Å²) in [5.41, 5.74) is 3.25. The Morgan fingerprint density at radius 1 is 1.15 bits per heavy atom. The number of fused-ring (bicyclic) bond motifs is 3. The standard InChI is InChI=1S/C26H30N2O5S/c1-26(24(30)31)13-7-14-28(26)23(29)22(12-15-34-2)27-25(32)33-16-21-19-10-5-3-8-17(19)18-9-4-6-11-20(18)21/h3-6,8-11,21-22H,7,12-16H2,1-2H3,(H,27,32)(H,30,31)/t22?,26-/m0/s1. The molecule has 0 aromatic heterocycles. The Bertz CT molecular complexity index is 1040. The van der Waals surface area contributed by atoms with Crippen molar-refractivity contribution in [2.75, 3.05) is 25.2 Å². The number of carboxylic acids is 1. The van der Waals surface area contributed by atoms with Gasteiger partial charge >= 0.3 is 12.1 Å². The third-order valence-electron chi connectivity index (χ3n) is 6.91. The third kappa shape index (κ3) is 4.51. The number of carboxylic acid groups (broad SMARTS) is 1. The van der Waals surface area contributed by atoms with Crippen LogP contribution >= 0.6 is 11.8 Å². The van der Waals surface area contributed by atoms with Crippen LogP contribution < -0.4 is 5.32 Å². The lowest BCUT2D eigenvalue weighted by atomic mass is 9.98. The number of carbonyl (C=O) groups excluding carboxylic acids is 2. The summed E-state index contributed by atoms with van der Waals surface area (Å²) >= 11 is 1.56. The van der Waals surface area contributed by atoms with E-state index in [0.717, 1.165) is 22.3 Å². The van der Waals surface area contributed by atoms with Crippen molar-refractivity contribution >= 4 is 29.7 Å². The summed E-state index contributed by atoms with van der Waals surface area (Å²) in [6.45, 7) is 2.09. The second-order valence-electron chi connectivity index (χ2n) is 8.98. The molecule has 2 amide bonds. The quantitative estimate of drug-likeness (QED) is 0.588. The van der Waals surface area contributed by atoms with E-state index in [1.807, 2.05) is 42.7 Å². The summed E-state index contributed by atoms with van der Waals surface area (Å²) in [6, 6.07) is 15.3. The van der Waals surface area contributed by atoms with E-state index < -0.39 is 23.6 Å². The number of benzene rings is 2. The van der Waals surface area contributed by atoms with Crippen LogP contribution in [0.2, 0.25) is 0 Å². The highest BCUT2D eigenvalue weighted by atomic mass is 32.2. The predicted octanol–water partition coefficient (Wildman–Crippen LogP) is 4.11. The highest BCUT2D eigenvalue weighted by Crippen LogP contribution is 2.44. The Hall–Kier alpha value is -3.00. The van der Waals surface area contributed by atoms with Crippen LogP contribution in [0.4, 0.5) is 4.79 Å². The van der Waals surface area contributed by atoms with Gasteiger partial charge in [-0.05, 0) is 60.4 Å². The van der Waals surface area contributed by atoms with Gasteiger partial charge in [-0.1, -0.05) is 48.5 Å². The number of amides is 2. The molecule has 2 aliphatic rings. The Balaban J connectivity index is 1.45. The molecule has 1 fully saturated rings. The van der Waals surface area contributed by atoms with Gasteiger partial charge in [0.1, 0.15) is 18.2 Å². The zero-order valence-corrected chi connectivity index (χ0v) is 20.3. The topological polar surface area (TPSA) is 95.9 Å². The molecule has 2 aromatic rings. The van der Waals surface area contributed by atoms with Gasteiger partial charge in [0.05, 0.1) is 0 Å². The van der Waals surface area contributed by atoms with Crippen molar-refractivity contribution in [3.63, 3.8) is 0 Å². The first kappa shape index (κ1) is 24.1. The van der Waals surface area contributed by atoms with Crippen molar-refractivity contribution in [2.45, 2.75) is 43.7 Å². The smallest absolute Gasteiger partial charge is 0.407 e. The number of thioether (sulfide) groups is 1. The fraction of sp³-hybridized carbons (Fsp3) is 0.423. The lowest BCUT2D eigenvalue weighted by molar-refractivity contribution is -0.156. The van der Waals surface area contributed by atoms with Gasteiger partial charge in [0.25, 0.3) is 0 Å². The van der Waals surface area contributed by atoms with Crippen LogP contribution in [0.3, 0.4) is 0 Å². The zero-order chi connectivity index (χ0) is 24.3. The first-order chi connectivity index (χ1) is 16.4. The molecule has 180 valence electrons. The SMILES string of the molecule is CSCCC(NC(=O)OCC1c2ccccc2-c2ccccc21)C(=O)N1CCC[C@@]1(C)C(=O)O. The maximum Gasteiger partial charge on any atom is 0.407 e. The van der Waals surface area contributed by atoms with Crippen molar-refractivity contribution in [3.05, 3.63) is 59.7 Å². The van der Waals surface area contributed by atoms with E-state index in [0.29, 0.717) is 31.6 Å². The molecule has 2 aromatic carbocycles. The number of hydrogen-bond donors (Lipinski definition) is 2. The highest BCUT2D eigenvalue weighted by Gasteiger charge is 2.47. The number of aliphatic carboxylic acids is 1. The molecular formula is C26H30N2O5S. The first-order valence-electron chi connectivity index (χ1n) is 11.5. The summed E-state index contributed by atoms with van der Waals surface area (Å²) in [6.07, 6.45) is 2.67. The Kier molecular flexibility index (Phi) is 7.16. The summed E-state index contributed by atoms with van der Waals surface area (Å²) in [7, 11) is 0. The van der Waals surface area contributed by atoms with E-state index in [-0.39, 0.29) is 18.4 Å². The van der Waals surface area contributed by atoms with Gasteiger partial charge in [0, 0.05) is 12.5 Å². The lowest BCUT2D eigenvalue weighted by Crippen LogP contribution is -2.57. The van der Waals surface area contributed by atoms with Crippen molar-refractivity contribution in [2.24, 2.45) is 0 Å². The minimum atomic E-state index is -1.25. The summed E-state index contributed by atoms with van der Waals surface area (Å²) in [5.74, 6) is -0.821. The van der Waals surface area contributed by atoms with Crippen LogP contribution in [-0.4, -0.2) is 64.7 Å². The molecule has 1 aliphatic heterocycles. The molecule has 0 saturated carbocycles. The summed E-state index contributed by atoms with van der Waals surface area (Å²) < 4.78 is 5.62. The number of carbonyl (C=O) groups is 3. The molecule has 34 heavy (non-hydrogen) atoms. The fourth-order valence-corrected chi connectivity index (χ4v) is 5.47. The van der Waals surface area contributed by atoms with Gasteiger partial charge in [0.15, 0.2) is 0 Å². The molecule has 1 aliphatic carbocycles. The van der Waals surface area contributed by atoms with Crippen molar-refractivity contribution in [1.29, 1.82) is 0 Å². The fourth-order valence-electron chi connectivity index (χ4n) is 5.00. The van der Waals surface area contributed by atoms with E-state index in [2.05, 4.69) is 17.4 Å². The van der Waals surface area contributed by atoms with E-state index in [1.165, 1.54) is 4.90 Å². The highest BCUT2D eigenvalue weighted by molar-refractivity contribution is 7.98. The first-order valence-corrected chi connectivity index (χ1v) is 12.9. The minimum Gasteiger partial charge on any atom is -0.480 e. The third-order valence-corrected chi connectivity index (χ3v) is 7.56. The molecule has 0 bridgehead atoms. The number of ether oxygens (including phenoxy) is 1. The van der Waals surface area contributed by atoms with Gasteiger partial charge in [-0.3, -0.25) is 4.79 Å². The van der Waals surface area contributed by atoms with Crippen LogP contribution in [0.15, 0.2) is 48.5 Å². The Labute approximate surface area is 203 Å². The molecule has 2 atom stereocenters. The second kappa shape index (κ2) is 10.1. The van der Waals surface area contributed by atoms with Crippen LogP contribution in [0.5, 0.6) is 0 Å². The van der Waals surface area contributed by atoms with Crippen molar-refractivity contribution < 1.29 is 24.2 Å². The molecule has 1 heterocycles. The minimum absolute atomic E-state index is 0.0765. The summed E-state index contributed by atoms with van der Waals surface area (Å²) in [5, 5.41) is 12.4. The van der Waals surface area contributed by atoms with Crippen LogP contribution in [0, 0.1) is 0 Å². The van der Waals surface area contributed by atoms with Crippen LogP contribution in [-0.2, 0) is 14.3 Å². The van der Waals surface area contributed by atoms with Crippen LogP contribution in [0.1, 0.15) is 43.2 Å². The number of alkyl carbamates (subject to hydrolysis) is 1. The molecule has 1 unspecified atom stereocenters. The number of rotatable bonds is 8. The van der Waals surface area contributed by atoms with Gasteiger partial charge in [-0.15, -0.1) is 0 Å². The maximum atomic E-state index is 13.3. The van der Waals surface area contributed by atoms with E-state index in [4.69, 9.17) is 4.74 Å². The second-order valence-corrected chi connectivity index (χ2v) is 9.96. The molecule has 8 heteroatoms. The normalized spacial score (nSPS) is 19.9. The Morgan fingerprint density at radius 2 is 1.76 bits per heavy atom. The predicted molar refractivity (Wildman–Crippen MR) is 132 cm³/mol. The largest absolute Gasteiger partial charge is 0.480 e. The van der Waals surface area contributed by atoms with Gasteiger partial charge in [-0.25, -0.2) is 9.59 Å². The molecule has 1 saturated heterocycles. The van der Waals surface area contributed by atoms with Gasteiger partial charge in [0.2, 0.25) is 5.91 Å². The molecule has 0 spiro atoms. The van der Waals surface area contributed by atoms with E-state index in [1.54, 1.807) is 18.7 Å². The molecule has 4 rings (SSSR count). The van der Waals surface area contributed by atoms with Crippen molar-refractivity contribution in [3.8, 4) is 11.1 Å². The molecular weight excluding hydrogens is 452 g/mol. The summed E-state index contributed by atoms with van der Waals surface area (Å²) in [4.78, 5) is 39.3. The molecule has 7 nitrogen and oxygen atoms in total. The Morgan fingerprint density at radius 3 is 2.35 bits per heavy atom. The average molecular weight is 483 g/mol. The number of nitrogens with zero attached hydrogens (tertiary/aromatic N) is 1. The monoisotopic (exact) mass is 482 g/mol. The number of likely N-dealkylation sites (tertiary alicyclic amines) is 1. The van der Waals surface area contributed by atoms with Gasteiger partial charge < -0.3 is 20.1 Å². The molecule has 0 radical (unpaired) electrons. The lowest BCUT2D eigenvalue weighted by Gasteiger charge is -2.34. The van der Waals surface area contributed by atoms with E-state index >= 15 is 0 Å². The average Bonchev–Trinajstić information content (AvgIpc) is 3.39. The maximum absolute atomic E-state index is 13.3. The van der Waals surface area contributed by atoms with Gasteiger partial charge in [-0.2, -0.15) is 11.8 Å². The number of hydrogen-bond acceptors (Lipinski definition) is 5. The van der Waals surface area contributed by atoms with E-state index in [9.17, 15) is 19.5 Å². The molecule has 2 N–H and O–H groups in total. The van der Waals surface area contributed by atoms with Crippen LogP contribution in [0.25, 0.3) is 11.1 Å². The zero-order valence-electron chi connectivity index (χ0n) is 19.5. The number of nitrogens with one attached hydrogen (secondary N) is 1. The van der Waals surface area contributed by atoms with Crippen molar-refractivity contribution in [1.82, 2.24) is 10.2 Å².